The van der Waals surface area contributed by atoms with Crippen LogP contribution in [-0.4, -0.2) is 29.3 Å². The van der Waals surface area contributed by atoms with E-state index in [0.29, 0.717) is 0 Å². The van der Waals surface area contributed by atoms with Crippen molar-refractivity contribution in [1.29, 1.82) is 0 Å². The molecule has 1 atom stereocenters. The summed E-state index contributed by atoms with van der Waals surface area (Å²) in [5.41, 5.74) is 7.40. The quantitative estimate of drug-likeness (QED) is 0.668. The van der Waals surface area contributed by atoms with Crippen LogP contribution in [0.15, 0.2) is 42.5 Å². The number of nitrogens with one attached hydrogen (secondary N) is 1. The van der Waals surface area contributed by atoms with Crippen molar-refractivity contribution in [2.24, 2.45) is 5.73 Å². The second-order valence-corrected chi connectivity index (χ2v) is 4.55. The number of fused-ring (bicyclic) bond motifs is 3. The van der Waals surface area contributed by atoms with Crippen LogP contribution in [0.3, 0.4) is 0 Å². The first kappa shape index (κ1) is 12.0. The van der Waals surface area contributed by atoms with Crippen molar-refractivity contribution in [3.63, 3.8) is 0 Å². The van der Waals surface area contributed by atoms with Crippen LogP contribution in [0.1, 0.15) is 0 Å². The van der Waals surface area contributed by atoms with E-state index in [2.05, 4.69) is 17.1 Å². The molecule has 1 unspecified atom stereocenters. The monoisotopic (exact) mass is 256 g/mol. The molecule has 0 aliphatic heterocycles. The molecule has 0 bridgehead atoms. The van der Waals surface area contributed by atoms with Gasteiger partial charge in [0, 0.05) is 22.8 Å². The lowest BCUT2D eigenvalue weighted by atomic mass is 10.1. The molecule has 0 fully saturated rings. The molecule has 1 aromatic heterocycles. The van der Waals surface area contributed by atoms with Gasteiger partial charge in [0.25, 0.3) is 0 Å². The van der Waals surface area contributed by atoms with Crippen LogP contribution < -0.4 is 10.5 Å². The summed E-state index contributed by atoms with van der Waals surface area (Å²) in [5, 5.41) is 11.8. The third-order valence-electron chi connectivity index (χ3n) is 3.21. The number of aliphatic hydroxyl groups is 1. The Morgan fingerprint density at radius 3 is 2.74 bits per heavy atom. The Morgan fingerprint density at radius 2 is 1.89 bits per heavy atom. The number of aromatic amines is 1. The van der Waals surface area contributed by atoms with Crippen LogP contribution in [0.5, 0.6) is 5.75 Å². The average Bonchev–Trinajstić information content (AvgIpc) is 2.84. The molecule has 1 heterocycles. The van der Waals surface area contributed by atoms with Crippen LogP contribution in [0.25, 0.3) is 21.8 Å². The van der Waals surface area contributed by atoms with Gasteiger partial charge in [-0.15, -0.1) is 0 Å². The van der Waals surface area contributed by atoms with Crippen LogP contribution >= 0.6 is 0 Å². The molecular weight excluding hydrogens is 240 g/mol. The molecule has 19 heavy (non-hydrogen) atoms. The summed E-state index contributed by atoms with van der Waals surface area (Å²) in [7, 11) is 0. The number of aliphatic hydroxyl groups excluding tert-OH is 1. The smallest absolute Gasteiger partial charge is 0.143 e. The van der Waals surface area contributed by atoms with Gasteiger partial charge in [0.15, 0.2) is 0 Å². The maximum Gasteiger partial charge on any atom is 0.143 e. The second kappa shape index (κ2) is 4.91. The molecule has 0 saturated carbocycles. The van der Waals surface area contributed by atoms with Gasteiger partial charge in [-0.05, 0) is 12.1 Å². The van der Waals surface area contributed by atoms with Crippen molar-refractivity contribution < 1.29 is 9.84 Å². The highest BCUT2D eigenvalue weighted by Crippen LogP contribution is 2.31. The Hall–Kier alpha value is -2.04. The fraction of sp³-hybridized carbons (Fsp3) is 0.200. The number of para-hydroxylation sites is 2. The molecule has 98 valence electrons. The van der Waals surface area contributed by atoms with E-state index in [1.807, 2.05) is 30.3 Å². The van der Waals surface area contributed by atoms with Gasteiger partial charge in [-0.25, -0.2) is 0 Å². The third kappa shape index (κ3) is 2.16. The highest BCUT2D eigenvalue weighted by Gasteiger charge is 2.09. The molecular formula is C15H16N2O2. The van der Waals surface area contributed by atoms with E-state index in [9.17, 15) is 5.11 Å². The molecule has 3 rings (SSSR count). The number of benzene rings is 2. The minimum Gasteiger partial charge on any atom is -0.489 e. The highest BCUT2D eigenvalue weighted by atomic mass is 16.5. The van der Waals surface area contributed by atoms with E-state index in [0.717, 1.165) is 22.2 Å². The van der Waals surface area contributed by atoms with Crippen molar-refractivity contribution in [2.45, 2.75) is 6.10 Å². The van der Waals surface area contributed by atoms with Gasteiger partial charge in [0.05, 0.1) is 5.52 Å². The Morgan fingerprint density at radius 1 is 1.11 bits per heavy atom. The van der Waals surface area contributed by atoms with Crippen molar-refractivity contribution in [3.8, 4) is 5.75 Å². The molecule has 0 radical (unpaired) electrons. The van der Waals surface area contributed by atoms with E-state index >= 15 is 0 Å². The molecule has 4 nitrogen and oxygen atoms in total. The minimum atomic E-state index is -0.639. The summed E-state index contributed by atoms with van der Waals surface area (Å²) < 4.78 is 5.64. The molecule has 0 spiro atoms. The van der Waals surface area contributed by atoms with Crippen molar-refractivity contribution >= 4 is 21.8 Å². The topological polar surface area (TPSA) is 71.3 Å². The fourth-order valence-electron chi connectivity index (χ4n) is 2.22. The van der Waals surface area contributed by atoms with Gasteiger partial charge in [-0.3, -0.25) is 0 Å². The van der Waals surface area contributed by atoms with Crippen LogP contribution in [0.4, 0.5) is 0 Å². The van der Waals surface area contributed by atoms with E-state index in [1.165, 1.54) is 5.39 Å². The van der Waals surface area contributed by atoms with Gasteiger partial charge < -0.3 is 20.6 Å². The predicted molar refractivity (Wildman–Crippen MR) is 76.4 cm³/mol. The zero-order valence-corrected chi connectivity index (χ0v) is 10.5. The minimum absolute atomic E-state index is 0.197. The lowest BCUT2D eigenvalue weighted by Gasteiger charge is -2.10. The van der Waals surface area contributed by atoms with Gasteiger partial charge in [0.2, 0.25) is 0 Å². The molecule has 0 amide bonds. The Kier molecular flexibility index (Phi) is 3.11. The fourth-order valence-corrected chi connectivity index (χ4v) is 2.22. The molecule has 3 aromatic rings. The zero-order chi connectivity index (χ0) is 13.2. The summed E-state index contributed by atoms with van der Waals surface area (Å²) in [6.07, 6.45) is -0.639. The number of aromatic nitrogens is 1. The van der Waals surface area contributed by atoms with Gasteiger partial charge >= 0.3 is 0 Å². The van der Waals surface area contributed by atoms with Crippen LogP contribution in [0, 0.1) is 0 Å². The predicted octanol–water partition coefficient (Wildman–Crippen LogP) is 2.02. The molecule has 0 aliphatic carbocycles. The summed E-state index contributed by atoms with van der Waals surface area (Å²) in [6.45, 7) is 0.396. The molecule has 4 N–H and O–H groups in total. The van der Waals surface area contributed by atoms with Gasteiger partial charge in [-0.2, -0.15) is 0 Å². The first-order valence-corrected chi connectivity index (χ1v) is 6.30. The average molecular weight is 256 g/mol. The number of nitrogens with two attached hydrogens (primary N) is 1. The van der Waals surface area contributed by atoms with Crippen LogP contribution in [0.2, 0.25) is 0 Å². The van der Waals surface area contributed by atoms with Crippen molar-refractivity contribution in [1.82, 2.24) is 4.98 Å². The number of H-pyrrole nitrogens is 1. The lowest BCUT2D eigenvalue weighted by molar-refractivity contribution is 0.115. The SMILES string of the molecule is NCC(O)COc1cccc2c1[nH]c1ccccc12. The van der Waals surface area contributed by atoms with Gasteiger partial charge in [0.1, 0.15) is 18.5 Å². The highest BCUT2D eigenvalue weighted by molar-refractivity contribution is 6.09. The van der Waals surface area contributed by atoms with E-state index in [1.54, 1.807) is 0 Å². The summed E-state index contributed by atoms with van der Waals surface area (Å²) in [6, 6.07) is 14.0. The number of rotatable bonds is 4. The standard InChI is InChI=1S/C15H16N2O2/c16-8-10(18)9-19-14-7-3-5-12-11-4-1-2-6-13(11)17-15(12)14/h1-7,10,17-18H,8-9,16H2. The van der Waals surface area contributed by atoms with E-state index < -0.39 is 6.10 Å². The van der Waals surface area contributed by atoms with Crippen molar-refractivity contribution in [2.75, 3.05) is 13.2 Å². The number of ether oxygens (including phenoxy) is 1. The van der Waals surface area contributed by atoms with Crippen LogP contribution in [-0.2, 0) is 0 Å². The maximum absolute atomic E-state index is 9.47. The number of hydrogen-bond acceptors (Lipinski definition) is 3. The third-order valence-corrected chi connectivity index (χ3v) is 3.21. The summed E-state index contributed by atoms with van der Waals surface area (Å²) in [5.74, 6) is 0.737. The normalized spacial score (nSPS) is 12.9. The maximum atomic E-state index is 9.47. The largest absolute Gasteiger partial charge is 0.489 e. The van der Waals surface area contributed by atoms with E-state index in [4.69, 9.17) is 10.5 Å². The van der Waals surface area contributed by atoms with E-state index in [-0.39, 0.29) is 13.2 Å². The Labute approximate surface area is 110 Å². The zero-order valence-electron chi connectivity index (χ0n) is 10.5. The molecule has 4 heteroatoms. The second-order valence-electron chi connectivity index (χ2n) is 4.55. The molecule has 0 aliphatic rings. The molecule has 0 saturated heterocycles. The lowest BCUT2D eigenvalue weighted by Crippen LogP contribution is -2.26. The first-order valence-electron chi connectivity index (χ1n) is 6.30. The summed E-state index contributed by atoms with van der Waals surface area (Å²) in [4.78, 5) is 3.35. The number of hydrogen-bond donors (Lipinski definition) is 3. The van der Waals surface area contributed by atoms with Gasteiger partial charge in [-0.1, -0.05) is 30.3 Å². The van der Waals surface area contributed by atoms with Crippen molar-refractivity contribution in [3.05, 3.63) is 42.5 Å². The first-order chi connectivity index (χ1) is 9.29. The summed E-state index contributed by atoms with van der Waals surface area (Å²) >= 11 is 0. The molecule has 2 aromatic carbocycles. The Bertz CT molecular complexity index is 706. The Balaban J connectivity index is 2.05.